The third kappa shape index (κ3) is 4.32. The Kier molecular flexibility index (Phi) is 4.54. The lowest BCUT2D eigenvalue weighted by molar-refractivity contribution is 0.151. The van der Waals surface area contributed by atoms with E-state index in [-0.39, 0.29) is 0 Å². The lowest BCUT2D eigenvalue weighted by atomic mass is 9.68. The zero-order chi connectivity index (χ0) is 15.7. The number of aliphatic imine (C=N–C) groups is 1. The first kappa shape index (κ1) is 16.5. The maximum absolute atomic E-state index is 11.4. The molecule has 1 aliphatic heterocycles. The van der Waals surface area contributed by atoms with Crippen LogP contribution in [0.4, 0.5) is 0 Å². The molecule has 2 rings (SSSR count). The van der Waals surface area contributed by atoms with E-state index in [1.807, 2.05) is 13.8 Å². The van der Waals surface area contributed by atoms with Crippen LogP contribution in [0.15, 0.2) is 4.99 Å². The average Bonchev–Trinajstić information content (AvgIpc) is 2.71. The molecular formula is C14H28N4O2S. The quantitative estimate of drug-likeness (QED) is 0.593. The minimum absolute atomic E-state index is 0.510. The number of guanidine groups is 1. The molecule has 6 nitrogen and oxygen atoms in total. The Labute approximate surface area is 128 Å². The highest BCUT2D eigenvalue weighted by Gasteiger charge is 2.43. The van der Waals surface area contributed by atoms with E-state index in [2.05, 4.69) is 19.9 Å². The van der Waals surface area contributed by atoms with Crippen LogP contribution in [0.1, 0.15) is 39.5 Å². The highest BCUT2D eigenvalue weighted by molar-refractivity contribution is 7.88. The van der Waals surface area contributed by atoms with Crippen molar-refractivity contribution in [3.63, 3.8) is 0 Å². The zero-order valence-corrected chi connectivity index (χ0v) is 14.4. The van der Waals surface area contributed by atoms with E-state index < -0.39 is 15.6 Å². The Hall–Kier alpha value is -0.820. The Morgan fingerprint density at radius 1 is 1.33 bits per heavy atom. The molecule has 1 aliphatic carbocycles. The third-order valence-corrected chi connectivity index (χ3v) is 5.44. The summed E-state index contributed by atoms with van der Waals surface area (Å²) < 4.78 is 25.4. The van der Waals surface area contributed by atoms with Crippen LogP contribution in [-0.2, 0) is 10.0 Å². The smallest absolute Gasteiger partial charge is 0.209 e. The van der Waals surface area contributed by atoms with E-state index in [9.17, 15) is 8.42 Å². The number of rotatable bonds is 4. The molecule has 0 aromatic carbocycles. The van der Waals surface area contributed by atoms with E-state index in [1.165, 1.54) is 31.9 Å². The van der Waals surface area contributed by atoms with Gasteiger partial charge in [-0.25, -0.2) is 13.1 Å². The van der Waals surface area contributed by atoms with Crippen molar-refractivity contribution >= 4 is 16.0 Å². The first-order valence-electron chi connectivity index (χ1n) is 7.59. The van der Waals surface area contributed by atoms with Gasteiger partial charge < -0.3 is 10.2 Å². The van der Waals surface area contributed by atoms with E-state index in [4.69, 9.17) is 0 Å². The van der Waals surface area contributed by atoms with Crippen molar-refractivity contribution in [2.75, 3.05) is 32.9 Å². The topological polar surface area (TPSA) is 73.8 Å². The van der Waals surface area contributed by atoms with Crippen molar-refractivity contribution in [1.82, 2.24) is 14.9 Å². The summed E-state index contributed by atoms with van der Waals surface area (Å²) in [5, 5.41) is 3.31. The molecule has 122 valence electrons. The van der Waals surface area contributed by atoms with E-state index in [0.717, 1.165) is 19.0 Å². The second kappa shape index (κ2) is 5.76. The molecular weight excluding hydrogens is 288 g/mol. The van der Waals surface area contributed by atoms with Gasteiger partial charge in [0.15, 0.2) is 5.96 Å². The summed E-state index contributed by atoms with van der Waals surface area (Å²) >= 11 is 0. The fourth-order valence-corrected chi connectivity index (χ4v) is 4.45. The molecule has 0 unspecified atom stereocenters. The van der Waals surface area contributed by atoms with Gasteiger partial charge >= 0.3 is 0 Å². The van der Waals surface area contributed by atoms with Gasteiger partial charge in [0.05, 0.1) is 6.26 Å². The van der Waals surface area contributed by atoms with Gasteiger partial charge in [-0.2, -0.15) is 0 Å². The number of nitrogens with one attached hydrogen (secondary N) is 2. The summed E-state index contributed by atoms with van der Waals surface area (Å²) in [6.07, 6.45) is 6.46. The Morgan fingerprint density at radius 3 is 2.43 bits per heavy atom. The number of nitrogens with zero attached hydrogens (tertiary/aromatic N) is 2. The van der Waals surface area contributed by atoms with Gasteiger partial charge in [-0.1, -0.05) is 6.42 Å². The maximum Gasteiger partial charge on any atom is 0.209 e. The second-order valence-corrected chi connectivity index (χ2v) is 8.93. The van der Waals surface area contributed by atoms with Gasteiger partial charge in [-0.15, -0.1) is 0 Å². The van der Waals surface area contributed by atoms with Gasteiger partial charge in [0.2, 0.25) is 10.0 Å². The van der Waals surface area contributed by atoms with Crippen molar-refractivity contribution in [3.8, 4) is 0 Å². The lowest BCUT2D eigenvalue weighted by Gasteiger charge is -2.38. The van der Waals surface area contributed by atoms with Crippen LogP contribution >= 0.6 is 0 Å². The minimum Gasteiger partial charge on any atom is -0.354 e. The van der Waals surface area contributed by atoms with Crippen LogP contribution in [-0.4, -0.2) is 57.8 Å². The van der Waals surface area contributed by atoms with Crippen molar-refractivity contribution in [2.24, 2.45) is 10.4 Å². The first-order chi connectivity index (χ1) is 9.65. The predicted molar refractivity (Wildman–Crippen MR) is 85.9 cm³/mol. The molecule has 7 heteroatoms. The largest absolute Gasteiger partial charge is 0.354 e. The SMILES string of the molecule is CN=C(NCC(C)(C)NS(C)(=O)=O)N1CCC2(CCC2)C1. The monoisotopic (exact) mass is 316 g/mol. The molecule has 21 heavy (non-hydrogen) atoms. The maximum atomic E-state index is 11.4. The van der Waals surface area contributed by atoms with E-state index >= 15 is 0 Å². The predicted octanol–water partition coefficient (Wildman–Crippen LogP) is 0.766. The molecule has 0 bridgehead atoms. The van der Waals surface area contributed by atoms with Crippen molar-refractivity contribution in [1.29, 1.82) is 0 Å². The van der Waals surface area contributed by atoms with Crippen molar-refractivity contribution in [2.45, 2.75) is 45.1 Å². The third-order valence-electron chi connectivity index (χ3n) is 4.51. The molecule has 2 fully saturated rings. The summed E-state index contributed by atoms with van der Waals surface area (Å²) in [5.41, 5.74) is -0.0183. The van der Waals surface area contributed by atoms with E-state index in [0.29, 0.717) is 12.0 Å². The molecule has 2 N–H and O–H groups in total. The van der Waals surface area contributed by atoms with Gasteiger partial charge in [0, 0.05) is 32.2 Å². The Bertz CT molecular complexity index is 509. The van der Waals surface area contributed by atoms with Crippen molar-refractivity contribution < 1.29 is 8.42 Å². The summed E-state index contributed by atoms with van der Waals surface area (Å²) in [7, 11) is -1.43. The van der Waals surface area contributed by atoms with Crippen molar-refractivity contribution in [3.05, 3.63) is 0 Å². The average molecular weight is 316 g/mol. The highest BCUT2D eigenvalue weighted by atomic mass is 32.2. The molecule has 0 radical (unpaired) electrons. The van der Waals surface area contributed by atoms with Gasteiger partial charge in [0.25, 0.3) is 0 Å². The Morgan fingerprint density at radius 2 is 2.00 bits per heavy atom. The molecule has 2 aliphatic rings. The summed E-state index contributed by atoms with van der Waals surface area (Å²) in [6.45, 7) is 6.36. The second-order valence-electron chi connectivity index (χ2n) is 7.18. The number of sulfonamides is 1. The summed E-state index contributed by atoms with van der Waals surface area (Å²) in [4.78, 5) is 6.65. The fourth-order valence-electron chi connectivity index (χ4n) is 3.37. The van der Waals surface area contributed by atoms with Crippen LogP contribution in [0.5, 0.6) is 0 Å². The van der Waals surface area contributed by atoms with E-state index in [1.54, 1.807) is 7.05 Å². The van der Waals surface area contributed by atoms with Gasteiger partial charge in [-0.05, 0) is 38.5 Å². The number of likely N-dealkylation sites (tertiary alicyclic amines) is 1. The molecule has 1 saturated carbocycles. The lowest BCUT2D eigenvalue weighted by Crippen LogP contribution is -2.53. The van der Waals surface area contributed by atoms with Crippen LogP contribution in [0.3, 0.4) is 0 Å². The summed E-state index contributed by atoms with van der Waals surface area (Å²) in [6, 6.07) is 0. The molecule has 0 aromatic rings. The minimum atomic E-state index is -3.21. The highest BCUT2D eigenvalue weighted by Crippen LogP contribution is 2.47. The molecule has 1 heterocycles. The van der Waals surface area contributed by atoms with Crippen LogP contribution in [0.2, 0.25) is 0 Å². The van der Waals surface area contributed by atoms with Gasteiger partial charge in [-0.3, -0.25) is 4.99 Å². The molecule has 0 amide bonds. The number of hydrogen-bond acceptors (Lipinski definition) is 3. The standard InChI is InChI=1S/C14H28N4O2S/c1-13(2,17-21(4,19)20)10-16-12(15-3)18-9-8-14(11-18)6-5-7-14/h17H,5-11H2,1-4H3,(H,15,16). The zero-order valence-electron chi connectivity index (χ0n) is 13.6. The molecule has 1 spiro atoms. The normalized spacial score (nSPS) is 22.5. The van der Waals surface area contributed by atoms with Crippen LogP contribution in [0.25, 0.3) is 0 Å². The Balaban J connectivity index is 1.89. The van der Waals surface area contributed by atoms with Gasteiger partial charge in [0.1, 0.15) is 0 Å². The first-order valence-corrected chi connectivity index (χ1v) is 9.49. The molecule has 0 aromatic heterocycles. The molecule has 1 saturated heterocycles. The molecule has 0 atom stereocenters. The number of hydrogen-bond donors (Lipinski definition) is 2. The van der Waals surface area contributed by atoms with Crippen LogP contribution < -0.4 is 10.0 Å². The summed E-state index contributed by atoms with van der Waals surface area (Å²) in [5.74, 6) is 0.877. The fraction of sp³-hybridized carbons (Fsp3) is 0.929. The van der Waals surface area contributed by atoms with Crippen LogP contribution in [0, 0.1) is 5.41 Å².